The first-order valence-electron chi connectivity index (χ1n) is 5.56. The van der Waals surface area contributed by atoms with Crippen LogP contribution in [0.3, 0.4) is 0 Å². The van der Waals surface area contributed by atoms with Crippen LogP contribution in [0.2, 0.25) is 0 Å². The topological polar surface area (TPSA) is 12.9 Å². The maximum absolute atomic E-state index is 4.49. The summed E-state index contributed by atoms with van der Waals surface area (Å²) < 4.78 is 0. The standard InChI is InChI=1S/C12H17NS2/c1-14-11-8-5-9-13-12(11)15-10-6-3-2-4-7-10/h5,8-10H,2-4,6-7H2,1H3. The van der Waals surface area contributed by atoms with Crippen molar-refractivity contribution in [3.05, 3.63) is 18.3 Å². The molecule has 0 amide bonds. The zero-order chi connectivity index (χ0) is 10.5. The monoisotopic (exact) mass is 239 g/mol. The van der Waals surface area contributed by atoms with Crippen molar-refractivity contribution in [1.29, 1.82) is 0 Å². The highest BCUT2D eigenvalue weighted by atomic mass is 32.2. The molecule has 1 aliphatic rings. The number of aromatic nitrogens is 1. The summed E-state index contributed by atoms with van der Waals surface area (Å²) in [7, 11) is 0. The average Bonchev–Trinajstić information content (AvgIpc) is 2.31. The number of rotatable bonds is 3. The molecular weight excluding hydrogens is 222 g/mol. The minimum Gasteiger partial charge on any atom is -0.249 e. The lowest BCUT2D eigenvalue weighted by Gasteiger charge is -2.21. The molecule has 1 aliphatic carbocycles. The van der Waals surface area contributed by atoms with E-state index in [1.54, 1.807) is 11.8 Å². The van der Waals surface area contributed by atoms with Crippen LogP contribution in [0.4, 0.5) is 0 Å². The van der Waals surface area contributed by atoms with Gasteiger partial charge in [0.1, 0.15) is 5.03 Å². The summed E-state index contributed by atoms with van der Waals surface area (Å²) in [5.41, 5.74) is 0. The van der Waals surface area contributed by atoms with Crippen molar-refractivity contribution in [3.63, 3.8) is 0 Å². The maximum atomic E-state index is 4.49. The molecule has 0 radical (unpaired) electrons. The van der Waals surface area contributed by atoms with Crippen molar-refractivity contribution >= 4 is 23.5 Å². The van der Waals surface area contributed by atoms with E-state index in [2.05, 4.69) is 17.3 Å². The Kier molecular flexibility index (Phi) is 4.39. The Balaban J connectivity index is 2.02. The molecule has 0 spiro atoms. The first-order valence-corrected chi connectivity index (χ1v) is 7.66. The third kappa shape index (κ3) is 3.15. The van der Waals surface area contributed by atoms with Crippen molar-refractivity contribution in [2.24, 2.45) is 0 Å². The summed E-state index contributed by atoms with van der Waals surface area (Å²) >= 11 is 3.78. The molecule has 1 aromatic rings. The minimum absolute atomic E-state index is 0.805. The van der Waals surface area contributed by atoms with Gasteiger partial charge in [-0.3, -0.25) is 0 Å². The van der Waals surface area contributed by atoms with Gasteiger partial charge in [0, 0.05) is 16.3 Å². The largest absolute Gasteiger partial charge is 0.249 e. The Morgan fingerprint density at radius 2 is 2.07 bits per heavy atom. The molecule has 1 aromatic heterocycles. The predicted octanol–water partition coefficient (Wildman–Crippen LogP) is 4.23. The van der Waals surface area contributed by atoms with Gasteiger partial charge in [-0.2, -0.15) is 0 Å². The molecule has 0 aromatic carbocycles. The van der Waals surface area contributed by atoms with Crippen molar-refractivity contribution in [2.45, 2.75) is 47.3 Å². The van der Waals surface area contributed by atoms with Gasteiger partial charge in [-0.05, 0) is 31.2 Å². The Bertz CT molecular complexity index is 308. The van der Waals surface area contributed by atoms with Gasteiger partial charge in [-0.25, -0.2) is 4.98 Å². The Hall–Kier alpha value is -0.150. The predicted molar refractivity (Wildman–Crippen MR) is 68.7 cm³/mol. The minimum atomic E-state index is 0.805. The highest BCUT2D eigenvalue weighted by Crippen LogP contribution is 2.36. The molecule has 0 unspecified atom stereocenters. The van der Waals surface area contributed by atoms with Crippen LogP contribution >= 0.6 is 23.5 Å². The molecule has 0 bridgehead atoms. The molecule has 1 heterocycles. The normalized spacial score (nSPS) is 17.9. The van der Waals surface area contributed by atoms with Crippen LogP contribution in [0.25, 0.3) is 0 Å². The number of pyridine rings is 1. The summed E-state index contributed by atoms with van der Waals surface area (Å²) in [4.78, 5) is 5.81. The van der Waals surface area contributed by atoms with E-state index < -0.39 is 0 Å². The van der Waals surface area contributed by atoms with Gasteiger partial charge >= 0.3 is 0 Å². The molecule has 2 rings (SSSR count). The smallest absolute Gasteiger partial charge is 0.110 e. The zero-order valence-electron chi connectivity index (χ0n) is 9.11. The molecule has 15 heavy (non-hydrogen) atoms. The fraction of sp³-hybridized carbons (Fsp3) is 0.583. The quantitative estimate of drug-likeness (QED) is 0.733. The van der Waals surface area contributed by atoms with Crippen LogP contribution < -0.4 is 0 Å². The molecule has 1 saturated carbocycles. The van der Waals surface area contributed by atoms with Crippen LogP contribution in [-0.4, -0.2) is 16.5 Å². The fourth-order valence-electron chi connectivity index (χ4n) is 1.96. The zero-order valence-corrected chi connectivity index (χ0v) is 10.7. The van der Waals surface area contributed by atoms with E-state index in [-0.39, 0.29) is 0 Å². The number of thioether (sulfide) groups is 2. The maximum Gasteiger partial charge on any atom is 0.110 e. The summed E-state index contributed by atoms with van der Waals surface area (Å²) in [6, 6.07) is 4.19. The van der Waals surface area contributed by atoms with Gasteiger partial charge in [-0.15, -0.1) is 23.5 Å². The van der Waals surface area contributed by atoms with Crippen molar-refractivity contribution in [3.8, 4) is 0 Å². The molecule has 0 aliphatic heterocycles. The van der Waals surface area contributed by atoms with Gasteiger partial charge in [0.15, 0.2) is 0 Å². The van der Waals surface area contributed by atoms with Crippen LogP contribution in [0.1, 0.15) is 32.1 Å². The third-order valence-corrected chi connectivity index (χ3v) is 5.04. The van der Waals surface area contributed by atoms with E-state index in [0.717, 1.165) is 5.25 Å². The second-order valence-corrected chi connectivity index (χ2v) is 6.03. The Morgan fingerprint density at radius 1 is 1.27 bits per heavy atom. The van der Waals surface area contributed by atoms with E-state index >= 15 is 0 Å². The van der Waals surface area contributed by atoms with Crippen LogP contribution in [0.5, 0.6) is 0 Å². The Labute approximate surface area is 100 Å². The molecule has 82 valence electrons. The van der Waals surface area contributed by atoms with E-state index in [0.29, 0.717) is 0 Å². The summed E-state index contributed by atoms with van der Waals surface area (Å²) in [5.74, 6) is 0. The lowest BCUT2D eigenvalue weighted by molar-refractivity contribution is 0.515. The lowest BCUT2D eigenvalue weighted by Crippen LogP contribution is -2.08. The van der Waals surface area contributed by atoms with Gasteiger partial charge in [0.25, 0.3) is 0 Å². The first kappa shape index (κ1) is 11.3. The van der Waals surface area contributed by atoms with Gasteiger partial charge in [0.05, 0.1) is 0 Å². The summed E-state index contributed by atoms with van der Waals surface area (Å²) in [5, 5.41) is 2.04. The number of nitrogens with zero attached hydrogens (tertiary/aromatic N) is 1. The lowest BCUT2D eigenvalue weighted by atomic mass is 10.0. The second-order valence-electron chi connectivity index (χ2n) is 3.89. The number of hydrogen-bond acceptors (Lipinski definition) is 3. The summed E-state index contributed by atoms with van der Waals surface area (Å²) in [6.45, 7) is 0. The fourth-order valence-corrected chi connectivity index (χ4v) is 3.99. The van der Waals surface area contributed by atoms with Gasteiger partial charge in [-0.1, -0.05) is 19.3 Å². The SMILES string of the molecule is CSc1cccnc1SC1CCCCC1. The van der Waals surface area contributed by atoms with Gasteiger partial charge in [0.2, 0.25) is 0 Å². The Morgan fingerprint density at radius 3 is 2.80 bits per heavy atom. The van der Waals surface area contributed by atoms with E-state index in [9.17, 15) is 0 Å². The molecule has 0 atom stereocenters. The highest BCUT2D eigenvalue weighted by molar-refractivity contribution is 8.02. The number of hydrogen-bond donors (Lipinski definition) is 0. The van der Waals surface area contributed by atoms with Gasteiger partial charge < -0.3 is 0 Å². The molecular formula is C12H17NS2. The molecule has 1 fully saturated rings. The van der Waals surface area contributed by atoms with Crippen LogP contribution in [0, 0.1) is 0 Å². The van der Waals surface area contributed by atoms with Crippen LogP contribution in [-0.2, 0) is 0 Å². The summed E-state index contributed by atoms with van der Waals surface area (Å²) in [6.07, 6.45) is 11.0. The highest BCUT2D eigenvalue weighted by Gasteiger charge is 2.16. The van der Waals surface area contributed by atoms with E-state index in [4.69, 9.17) is 0 Å². The van der Waals surface area contributed by atoms with Crippen molar-refractivity contribution in [2.75, 3.05) is 6.26 Å². The molecule has 0 N–H and O–H groups in total. The van der Waals surface area contributed by atoms with E-state index in [1.165, 1.54) is 42.0 Å². The first-order chi connectivity index (χ1) is 7.40. The van der Waals surface area contributed by atoms with Crippen molar-refractivity contribution < 1.29 is 0 Å². The molecule has 0 saturated heterocycles. The second kappa shape index (κ2) is 5.80. The molecule has 1 nitrogen and oxygen atoms in total. The third-order valence-electron chi connectivity index (χ3n) is 2.79. The molecule has 3 heteroatoms. The van der Waals surface area contributed by atoms with E-state index in [1.807, 2.05) is 24.0 Å². The average molecular weight is 239 g/mol. The van der Waals surface area contributed by atoms with Crippen LogP contribution in [0.15, 0.2) is 28.3 Å². The van der Waals surface area contributed by atoms with Crippen molar-refractivity contribution in [1.82, 2.24) is 4.98 Å².